The number of β-amino-alcohol motifs (C(OH)–C–C–N with tert-alkyl or cyclic N) is 1. The highest BCUT2D eigenvalue weighted by Crippen LogP contribution is 2.44. The van der Waals surface area contributed by atoms with Crippen LogP contribution < -0.4 is 4.90 Å². The van der Waals surface area contributed by atoms with Crippen LogP contribution >= 0.6 is 0 Å². The number of fused-ring (bicyclic) bond motifs is 1. The first-order valence-electron chi connectivity index (χ1n) is 11.3. The fraction of sp³-hybridized carbons (Fsp3) is 0.583. The minimum Gasteiger partial charge on any atom is -0.481 e. The number of carboxylic acid groups (broad SMARTS) is 1. The van der Waals surface area contributed by atoms with Crippen molar-refractivity contribution in [3.05, 3.63) is 30.2 Å². The number of carboxylic acids is 1. The van der Waals surface area contributed by atoms with Gasteiger partial charge in [-0.15, -0.1) is 0 Å². The van der Waals surface area contributed by atoms with E-state index in [9.17, 15) is 19.8 Å². The molecule has 0 bridgehead atoms. The first kappa shape index (κ1) is 22.5. The van der Waals surface area contributed by atoms with Crippen LogP contribution in [0.4, 0.5) is 5.69 Å². The molecular weight excluding hydrogens is 408 g/mol. The molecule has 2 aromatic heterocycles. The molecule has 3 heterocycles. The average molecular weight is 441 g/mol. The summed E-state index contributed by atoms with van der Waals surface area (Å²) in [7, 11) is 1.71. The van der Waals surface area contributed by atoms with Gasteiger partial charge in [0.2, 0.25) is 5.91 Å². The predicted molar refractivity (Wildman–Crippen MR) is 121 cm³/mol. The zero-order chi connectivity index (χ0) is 22.9. The molecule has 0 radical (unpaired) electrons. The molecule has 2 N–H and O–H groups in total. The van der Waals surface area contributed by atoms with Crippen LogP contribution in [0.25, 0.3) is 10.9 Å². The number of amides is 1. The molecule has 0 aromatic carbocycles. The topological polar surface area (TPSA) is 107 Å². The molecule has 1 aliphatic carbocycles. The Morgan fingerprint density at radius 1 is 1.22 bits per heavy atom. The second-order valence-electron chi connectivity index (χ2n) is 9.78. The molecule has 0 spiro atoms. The Morgan fingerprint density at radius 2 is 1.97 bits per heavy atom. The molecule has 1 atom stereocenters. The van der Waals surface area contributed by atoms with Gasteiger partial charge in [-0.05, 0) is 43.7 Å². The molecule has 2 aliphatic rings. The number of carbonyl (C=O) groups is 2. The number of likely N-dealkylation sites (N-methyl/N-ethyl adjacent to an activating group) is 1. The summed E-state index contributed by atoms with van der Waals surface area (Å²) in [6.07, 6.45) is 7.83. The van der Waals surface area contributed by atoms with Crippen molar-refractivity contribution in [3.8, 4) is 0 Å². The monoisotopic (exact) mass is 440 g/mol. The molecule has 0 unspecified atom stereocenters. The van der Waals surface area contributed by atoms with Crippen molar-refractivity contribution in [2.24, 2.45) is 5.41 Å². The van der Waals surface area contributed by atoms with Crippen molar-refractivity contribution in [2.75, 3.05) is 31.6 Å². The Bertz CT molecular complexity index is 1020. The third kappa shape index (κ3) is 4.70. The lowest BCUT2D eigenvalue weighted by atomic mass is 9.79. The first-order chi connectivity index (χ1) is 15.2. The highest BCUT2D eigenvalue weighted by Gasteiger charge is 2.42. The van der Waals surface area contributed by atoms with Crippen molar-refractivity contribution < 1.29 is 19.8 Å². The van der Waals surface area contributed by atoms with Crippen molar-refractivity contribution in [1.29, 1.82) is 0 Å². The van der Waals surface area contributed by atoms with E-state index in [4.69, 9.17) is 0 Å². The Labute approximate surface area is 188 Å². The van der Waals surface area contributed by atoms with Crippen LogP contribution in [0.15, 0.2) is 24.5 Å². The van der Waals surface area contributed by atoms with E-state index in [1.807, 2.05) is 19.1 Å². The van der Waals surface area contributed by atoms with Gasteiger partial charge in [0.15, 0.2) is 0 Å². The maximum atomic E-state index is 13.0. The average Bonchev–Trinajstić information content (AvgIpc) is 3.33. The van der Waals surface area contributed by atoms with Gasteiger partial charge in [0.25, 0.3) is 0 Å². The number of nitrogens with zero attached hydrogens (tertiary/aromatic N) is 4. The van der Waals surface area contributed by atoms with E-state index in [1.165, 1.54) is 0 Å². The van der Waals surface area contributed by atoms with Gasteiger partial charge in [-0.3, -0.25) is 19.6 Å². The van der Waals surface area contributed by atoms with Gasteiger partial charge in [-0.25, -0.2) is 0 Å². The summed E-state index contributed by atoms with van der Waals surface area (Å²) in [5.74, 6) is -0.934. The summed E-state index contributed by atoms with van der Waals surface area (Å²) in [5, 5.41) is 21.6. The van der Waals surface area contributed by atoms with Crippen molar-refractivity contribution >= 4 is 28.5 Å². The molecule has 1 aliphatic heterocycles. The van der Waals surface area contributed by atoms with E-state index in [-0.39, 0.29) is 25.3 Å². The third-order valence-electron chi connectivity index (χ3n) is 7.06. The summed E-state index contributed by atoms with van der Waals surface area (Å²) in [4.78, 5) is 36.9. The lowest BCUT2D eigenvalue weighted by Gasteiger charge is -2.33. The number of pyridine rings is 2. The van der Waals surface area contributed by atoms with E-state index in [1.54, 1.807) is 24.3 Å². The molecule has 4 rings (SSSR count). The fourth-order valence-electron chi connectivity index (χ4n) is 5.48. The van der Waals surface area contributed by atoms with Crippen LogP contribution in [-0.4, -0.2) is 69.2 Å². The molecule has 1 saturated carbocycles. The molecule has 1 amide bonds. The maximum absolute atomic E-state index is 13.0. The number of aromatic nitrogens is 2. The SMILES string of the molecule is Cc1cc(N2CC[C@@](O)(CN(C)C(=O)CC3(CC(=O)O)CCCC3)C2)c2cnccc2n1. The number of hydrogen-bond donors (Lipinski definition) is 2. The Kier molecular flexibility index (Phi) is 6.07. The Morgan fingerprint density at radius 3 is 2.69 bits per heavy atom. The minimum atomic E-state index is -1.02. The zero-order valence-electron chi connectivity index (χ0n) is 18.9. The van der Waals surface area contributed by atoms with E-state index >= 15 is 0 Å². The summed E-state index contributed by atoms with van der Waals surface area (Å²) >= 11 is 0. The van der Waals surface area contributed by atoms with Crippen LogP contribution in [0.2, 0.25) is 0 Å². The second-order valence-corrected chi connectivity index (χ2v) is 9.78. The van der Waals surface area contributed by atoms with Crippen LogP contribution in [-0.2, 0) is 9.59 Å². The van der Waals surface area contributed by atoms with Crippen LogP contribution in [0.1, 0.15) is 50.6 Å². The highest BCUT2D eigenvalue weighted by molar-refractivity contribution is 5.91. The molecule has 8 heteroatoms. The smallest absolute Gasteiger partial charge is 0.303 e. The zero-order valence-corrected chi connectivity index (χ0v) is 18.9. The quantitative estimate of drug-likeness (QED) is 0.682. The number of aryl methyl sites for hydroxylation is 1. The maximum Gasteiger partial charge on any atom is 0.303 e. The van der Waals surface area contributed by atoms with E-state index in [0.717, 1.165) is 48.0 Å². The van der Waals surface area contributed by atoms with Crippen molar-refractivity contribution in [1.82, 2.24) is 14.9 Å². The van der Waals surface area contributed by atoms with Crippen LogP contribution in [0, 0.1) is 12.3 Å². The van der Waals surface area contributed by atoms with Gasteiger partial charge in [-0.2, -0.15) is 0 Å². The lowest BCUT2D eigenvalue weighted by molar-refractivity contribution is -0.142. The summed E-state index contributed by atoms with van der Waals surface area (Å²) in [6.45, 7) is 3.27. The van der Waals surface area contributed by atoms with Gasteiger partial charge < -0.3 is 20.0 Å². The van der Waals surface area contributed by atoms with Crippen molar-refractivity contribution in [2.45, 2.75) is 57.5 Å². The number of carbonyl (C=O) groups excluding carboxylic acids is 1. The third-order valence-corrected chi connectivity index (χ3v) is 7.06. The fourth-order valence-corrected chi connectivity index (χ4v) is 5.48. The van der Waals surface area contributed by atoms with Gasteiger partial charge in [0.05, 0.1) is 18.5 Å². The number of rotatable bonds is 7. The van der Waals surface area contributed by atoms with Crippen molar-refractivity contribution in [3.63, 3.8) is 0 Å². The van der Waals surface area contributed by atoms with E-state index in [2.05, 4.69) is 14.9 Å². The summed E-state index contributed by atoms with van der Waals surface area (Å²) in [5.41, 5.74) is 1.31. The van der Waals surface area contributed by atoms with Gasteiger partial charge >= 0.3 is 5.97 Å². The molecule has 2 aromatic rings. The Balaban J connectivity index is 1.44. The largest absolute Gasteiger partial charge is 0.481 e. The lowest BCUT2D eigenvalue weighted by Crippen LogP contribution is -2.46. The molecule has 2 fully saturated rings. The van der Waals surface area contributed by atoms with Gasteiger partial charge in [-0.1, -0.05) is 12.8 Å². The minimum absolute atomic E-state index is 0.0349. The number of aliphatic hydroxyl groups is 1. The molecule has 172 valence electrons. The molecule has 8 nitrogen and oxygen atoms in total. The Hall–Kier alpha value is -2.74. The van der Waals surface area contributed by atoms with Crippen LogP contribution in [0.3, 0.4) is 0 Å². The number of hydrogen-bond acceptors (Lipinski definition) is 6. The number of anilines is 1. The predicted octanol–water partition coefficient (Wildman–Crippen LogP) is 2.76. The molecular formula is C24H32N4O4. The van der Waals surface area contributed by atoms with Gasteiger partial charge in [0.1, 0.15) is 5.60 Å². The van der Waals surface area contributed by atoms with E-state index in [0.29, 0.717) is 19.5 Å². The summed E-state index contributed by atoms with van der Waals surface area (Å²) < 4.78 is 0. The summed E-state index contributed by atoms with van der Waals surface area (Å²) in [6, 6.07) is 3.90. The molecule has 32 heavy (non-hydrogen) atoms. The van der Waals surface area contributed by atoms with Gasteiger partial charge in [0, 0.05) is 55.7 Å². The molecule has 1 saturated heterocycles. The van der Waals surface area contributed by atoms with Crippen LogP contribution in [0.5, 0.6) is 0 Å². The number of aliphatic carboxylic acids is 1. The second kappa shape index (κ2) is 8.65. The highest BCUT2D eigenvalue weighted by atomic mass is 16.4. The van der Waals surface area contributed by atoms with E-state index < -0.39 is 17.0 Å². The normalized spacial score (nSPS) is 22.4. The standard InChI is InChI=1S/C24H32N4O4/c1-17-11-20(18-14-25-9-5-19(18)26-17)28-10-8-24(32,16-28)15-27(2)21(29)12-23(13-22(30)31)6-3-4-7-23/h5,9,11,14,32H,3-4,6-8,10,12-13,15-16H2,1-2H3,(H,30,31)/t24-/m1/s1. The first-order valence-corrected chi connectivity index (χ1v) is 11.3.